The lowest BCUT2D eigenvalue weighted by Crippen LogP contribution is -2.29. The number of Topliss-reactive ketones (excluding diaryl/α,β-unsaturated/α-hetero) is 1. The summed E-state index contributed by atoms with van der Waals surface area (Å²) >= 11 is 1.30. The zero-order valence-corrected chi connectivity index (χ0v) is 22.3. The number of aliphatic hydroxyl groups is 1. The first kappa shape index (κ1) is 24.9. The molecule has 1 amide bonds. The zero-order chi connectivity index (χ0) is 27.1. The van der Waals surface area contributed by atoms with Crippen LogP contribution in [0, 0.1) is 0 Å². The number of rotatable bonds is 6. The fraction of sp³-hybridized carbons (Fsp3) is 0.233. The van der Waals surface area contributed by atoms with Gasteiger partial charge in [0.05, 0.1) is 28.4 Å². The number of hydrogen-bond donors (Lipinski definition) is 1. The summed E-state index contributed by atoms with van der Waals surface area (Å²) in [5.74, 6) is -0.0702. The molecule has 1 unspecified atom stereocenters. The number of carbonyl (C=O) groups is 2. The lowest BCUT2D eigenvalue weighted by atomic mass is 9.94. The fourth-order valence-corrected chi connectivity index (χ4v) is 5.90. The highest BCUT2D eigenvalue weighted by Crippen LogP contribution is 2.45. The molecule has 0 radical (unpaired) electrons. The van der Waals surface area contributed by atoms with E-state index in [1.54, 1.807) is 18.2 Å². The molecule has 1 saturated heterocycles. The maximum Gasteiger partial charge on any atom is 0.301 e. The molecule has 1 atom stereocenters. The normalized spacial score (nSPS) is 18.1. The van der Waals surface area contributed by atoms with Gasteiger partial charge >= 0.3 is 5.91 Å². The number of hydrogen-bond acceptors (Lipinski definition) is 8. The number of nitrogens with zero attached hydrogens (tertiary/aromatic N) is 2. The number of aliphatic hydroxyl groups excluding tert-OH is 1. The SMILES string of the molecule is CCOc1ccc2nc(N3C(=O)C(=O)/C(=C(/O)c4ccc5c(c4)OCCO5)C3c3ccc(CC)cc3)sc2c1. The molecule has 0 saturated carbocycles. The van der Waals surface area contributed by atoms with Crippen molar-refractivity contribution in [2.24, 2.45) is 0 Å². The molecule has 39 heavy (non-hydrogen) atoms. The molecule has 198 valence electrons. The number of amides is 1. The van der Waals surface area contributed by atoms with Crippen molar-refractivity contribution in [3.63, 3.8) is 0 Å². The smallest absolute Gasteiger partial charge is 0.301 e. The Morgan fingerprint density at radius 3 is 2.54 bits per heavy atom. The molecule has 1 aromatic heterocycles. The van der Waals surface area contributed by atoms with Crippen LogP contribution in [0.2, 0.25) is 0 Å². The van der Waals surface area contributed by atoms with Crippen LogP contribution < -0.4 is 19.1 Å². The van der Waals surface area contributed by atoms with Gasteiger partial charge in [-0.2, -0.15) is 0 Å². The Labute approximate surface area is 229 Å². The number of aromatic nitrogens is 1. The summed E-state index contributed by atoms with van der Waals surface area (Å²) in [7, 11) is 0. The Morgan fingerprint density at radius 2 is 1.79 bits per heavy atom. The summed E-state index contributed by atoms with van der Waals surface area (Å²) in [5.41, 5.74) is 2.85. The molecule has 9 heteroatoms. The third kappa shape index (κ3) is 4.38. The molecule has 8 nitrogen and oxygen atoms in total. The van der Waals surface area contributed by atoms with Gasteiger partial charge in [0, 0.05) is 5.56 Å². The molecule has 0 spiro atoms. The van der Waals surface area contributed by atoms with Gasteiger partial charge in [-0.3, -0.25) is 14.5 Å². The summed E-state index contributed by atoms with van der Waals surface area (Å²) in [6.07, 6.45) is 0.845. The van der Waals surface area contributed by atoms with Gasteiger partial charge in [0.2, 0.25) is 0 Å². The number of anilines is 1. The summed E-state index contributed by atoms with van der Waals surface area (Å²) in [4.78, 5) is 33.2. The van der Waals surface area contributed by atoms with Crippen LogP contribution in [0.5, 0.6) is 17.2 Å². The molecular formula is C30H26N2O6S. The van der Waals surface area contributed by atoms with Crippen LogP contribution in [0.3, 0.4) is 0 Å². The quantitative estimate of drug-likeness (QED) is 0.191. The van der Waals surface area contributed by atoms with E-state index in [-0.39, 0.29) is 11.3 Å². The fourth-order valence-electron chi connectivity index (χ4n) is 4.88. The van der Waals surface area contributed by atoms with Gasteiger partial charge in [-0.25, -0.2) is 4.98 Å². The van der Waals surface area contributed by atoms with Crippen molar-refractivity contribution in [3.8, 4) is 17.2 Å². The first-order chi connectivity index (χ1) is 19.0. The van der Waals surface area contributed by atoms with E-state index in [0.717, 1.165) is 16.7 Å². The molecule has 0 bridgehead atoms. The van der Waals surface area contributed by atoms with Crippen molar-refractivity contribution < 1.29 is 28.9 Å². The standard InChI is InChI=1S/C30H26N2O6S/c1-3-17-5-7-18(8-6-17)26-25(27(33)19-9-12-22-23(15-19)38-14-13-37-22)28(34)29(35)32(26)30-31-21-11-10-20(36-4-2)16-24(21)39-30/h5-12,15-16,26,33H,3-4,13-14H2,1-2H3/b27-25+. The molecule has 2 aliphatic heterocycles. The van der Waals surface area contributed by atoms with Crippen molar-refractivity contribution in [3.05, 3.63) is 82.9 Å². The van der Waals surface area contributed by atoms with Crippen molar-refractivity contribution >= 4 is 44.1 Å². The minimum absolute atomic E-state index is 0.00446. The van der Waals surface area contributed by atoms with Gasteiger partial charge in [-0.15, -0.1) is 0 Å². The Balaban J connectivity index is 1.50. The zero-order valence-electron chi connectivity index (χ0n) is 21.5. The average Bonchev–Trinajstić information content (AvgIpc) is 3.50. The first-order valence-electron chi connectivity index (χ1n) is 12.8. The largest absolute Gasteiger partial charge is 0.507 e. The monoisotopic (exact) mass is 542 g/mol. The molecule has 2 aliphatic rings. The van der Waals surface area contributed by atoms with Gasteiger partial charge < -0.3 is 19.3 Å². The Morgan fingerprint density at radius 1 is 1.03 bits per heavy atom. The second-order valence-electron chi connectivity index (χ2n) is 9.18. The van der Waals surface area contributed by atoms with Gasteiger partial charge in [-0.1, -0.05) is 42.5 Å². The minimum atomic E-state index is -0.865. The number of thiazole rings is 1. The summed E-state index contributed by atoms with van der Waals surface area (Å²) in [6, 6.07) is 17.3. The lowest BCUT2D eigenvalue weighted by Gasteiger charge is -2.23. The average molecular weight is 543 g/mol. The van der Waals surface area contributed by atoms with Crippen LogP contribution in [0.1, 0.15) is 36.6 Å². The molecular weight excluding hydrogens is 516 g/mol. The summed E-state index contributed by atoms with van der Waals surface area (Å²) < 4.78 is 17.7. The number of fused-ring (bicyclic) bond motifs is 2. The number of benzene rings is 3. The molecule has 1 fully saturated rings. The van der Waals surface area contributed by atoms with Gasteiger partial charge in [-0.05, 0) is 60.9 Å². The minimum Gasteiger partial charge on any atom is -0.507 e. The van der Waals surface area contributed by atoms with Crippen LogP contribution in [0.15, 0.2) is 66.2 Å². The summed E-state index contributed by atoms with van der Waals surface area (Å²) in [6.45, 7) is 5.31. The third-order valence-corrected chi connectivity index (χ3v) is 7.85. The highest BCUT2D eigenvalue weighted by Gasteiger charge is 2.48. The highest BCUT2D eigenvalue weighted by atomic mass is 32.1. The number of ether oxygens (including phenoxy) is 3. The summed E-state index contributed by atoms with van der Waals surface area (Å²) in [5, 5.41) is 11.9. The molecule has 0 aliphatic carbocycles. The Hall–Kier alpha value is -4.37. The maximum absolute atomic E-state index is 13.6. The van der Waals surface area contributed by atoms with Crippen LogP contribution >= 0.6 is 11.3 Å². The van der Waals surface area contributed by atoms with E-state index < -0.39 is 17.7 Å². The van der Waals surface area contributed by atoms with Crippen LogP contribution in [0.25, 0.3) is 16.0 Å². The Bertz CT molecular complexity index is 1620. The predicted molar refractivity (Wildman–Crippen MR) is 149 cm³/mol. The van der Waals surface area contributed by atoms with E-state index in [9.17, 15) is 14.7 Å². The molecule has 3 aromatic carbocycles. The van der Waals surface area contributed by atoms with Gasteiger partial charge in [0.15, 0.2) is 16.6 Å². The third-order valence-electron chi connectivity index (χ3n) is 6.83. The van der Waals surface area contributed by atoms with E-state index >= 15 is 0 Å². The molecule has 6 rings (SSSR count). The van der Waals surface area contributed by atoms with Crippen molar-refractivity contribution in [2.75, 3.05) is 24.7 Å². The van der Waals surface area contributed by atoms with E-state index in [4.69, 9.17) is 14.2 Å². The van der Waals surface area contributed by atoms with E-state index in [2.05, 4.69) is 11.9 Å². The van der Waals surface area contributed by atoms with E-state index in [0.29, 0.717) is 58.8 Å². The van der Waals surface area contributed by atoms with Crippen molar-refractivity contribution in [1.82, 2.24) is 4.98 Å². The topological polar surface area (TPSA) is 98.2 Å². The van der Waals surface area contributed by atoms with Crippen LogP contribution in [-0.2, 0) is 16.0 Å². The number of carbonyl (C=O) groups excluding carboxylic acids is 2. The molecule has 4 aromatic rings. The second kappa shape index (κ2) is 10.1. The molecule has 1 N–H and O–H groups in total. The van der Waals surface area contributed by atoms with Gasteiger partial charge in [0.25, 0.3) is 5.78 Å². The predicted octanol–water partition coefficient (Wildman–Crippen LogP) is 5.65. The highest BCUT2D eigenvalue weighted by molar-refractivity contribution is 7.22. The van der Waals surface area contributed by atoms with E-state index in [1.807, 2.05) is 49.4 Å². The van der Waals surface area contributed by atoms with Crippen LogP contribution in [-0.4, -0.2) is 41.6 Å². The molecule has 3 heterocycles. The first-order valence-corrected chi connectivity index (χ1v) is 13.6. The Kier molecular flexibility index (Phi) is 6.44. The number of ketones is 1. The van der Waals surface area contributed by atoms with Crippen LogP contribution in [0.4, 0.5) is 5.13 Å². The van der Waals surface area contributed by atoms with Crippen molar-refractivity contribution in [2.45, 2.75) is 26.3 Å². The lowest BCUT2D eigenvalue weighted by molar-refractivity contribution is -0.132. The number of aryl methyl sites for hydroxylation is 1. The van der Waals surface area contributed by atoms with Gasteiger partial charge in [0.1, 0.15) is 24.7 Å². The van der Waals surface area contributed by atoms with Crippen molar-refractivity contribution in [1.29, 1.82) is 0 Å². The maximum atomic E-state index is 13.6. The second-order valence-corrected chi connectivity index (χ2v) is 10.2. The van der Waals surface area contributed by atoms with E-state index in [1.165, 1.54) is 16.2 Å².